The molecule has 4 heteroatoms. The Morgan fingerprint density at radius 1 is 1.82 bits per heavy atom. The predicted octanol–water partition coefficient (Wildman–Crippen LogP) is 0.0232. The molecule has 0 radical (unpaired) electrons. The fourth-order valence-electron chi connectivity index (χ4n) is 0.693. The van der Waals surface area contributed by atoms with Crippen molar-refractivity contribution in [3.8, 4) is 0 Å². The maximum absolute atomic E-state index is 10.7. The molecule has 0 bridgehead atoms. The van der Waals surface area contributed by atoms with Crippen LogP contribution in [0.3, 0.4) is 0 Å². The molecule has 0 saturated heterocycles. The first kappa shape index (κ1) is 7.65. The number of hydrogen-bond acceptors (Lipinski definition) is 3. The molecule has 0 aliphatic carbocycles. The first-order valence-corrected chi connectivity index (χ1v) is 3.17. The molecule has 60 valence electrons. The van der Waals surface area contributed by atoms with Crippen LogP contribution < -0.4 is 5.11 Å². The van der Waals surface area contributed by atoms with E-state index in [2.05, 4.69) is 14.9 Å². The summed E-state index contributed by atoms with van der Waals surface area (Å²) in [6.07, 6.45) is 1.32. The third-order valence-corrected chi connectivity index (χ3v) is 1.19. The van der Waals surface area contributed by atoms with E-state index < -0.39 is 5.95 Å². The Balaban J connectivity index is 2.78. The Morgan fingerprint density at radius 2 is 2.55 bits per heavy atom. The van der Waals surface area contributed by atoms with Crippen molar-refractivity contribution in [1.29, 1.82) is 0 Å². The number of rotatable bonds is 2. The summed E-state index contributed by atoms with van der Waals surface area (Å²) in [7, 11) is 1.33. The molecule has 0 amide bonds. The van der Waals surface area contributed by atoms with Gasteiger partial charge in [-0.3, -0.25) is 5.10 Å². The standard InChI is InChI=1S/C7H10N2O2/c1-5-3-6(9-8-5)4-7(10)11-2/h3-4,10H,1-2H3,(H,8,9)/p-1/b7-4+. The van der Waals surface area contributed by atoms with Gasteiger partial charge in [-0.15, -0.1) is 0 Å². The lowest BCUT2D eigenvalue weighted by molar-refractivity contribution is -0.350. The molecule has 1 aromatic heterocycles. The summed E-state index contributed by atoms with van der Waals surface area (Å²) in [5.41, 5.74) is 1.51. The maximum Gasteiger partial charge on any atom is 0.0868 e. The van der Waals surface area contributed by atoms with Crippen molar-refractivity contribution in [3.05, 3.63) is 23.4 Å². The van der Waals surface area contributed by atoms with Crippen LogP contribution >= 0.6 is 0 Å². The average molecular weight is 153 g/mol. The van der Waals surface area contributed by atoms with Crippen LogP contribution in [0.1, 0.15) is 11.4 Å². The second-order valence-corrected chi connectivity index (χ2v) is 2.14. The van der Waals surface area contributed by atoms with E-state index in [-0.39, 0.29) is 0 Å². The van der Waals surface area contributed by atoms with Crippen LogP contribution in [0.2, 0.25) is 0 Å². The zero-order valence-corrected chi connectivity index (χ0v) is 6.42. The lowest BCUT2D eigenvalue weighted by atomic mass is 10.4. The summed E-state index contributed by atoms with van der Waals surface area (Å²) in [4.78, 5) is 0. The number of ether oxygens (including phenoxy) is 1. The average Bonchev–Trinajstić information content (AvgIpc) is 2.35. The first-order valence-electron chi connectivity index (χ1n) is 3.17. The quantitative estimate of drug-likeness (QED) is 0.609. The molecular formula is C7H9N2O2-. The van der Waals surface area contributed by atoms with Crippen LogP contribution in [0, 0.1) is 6.92 Å². The second kappa shape index (κ2) is 3.09. The number of nitrogens with one attached hydrogen (secondary N) is 1. The molecule has 1 N–H and O–H groups in total. The molecule has 0 aromatic carbocycles. The van der Waals surface area contributed by atoms with E-state index in [1.165, 1.54) is 13.2 Å². The summed E-state index contributed by atoms with van der Waals surface area (Å²) >= 11 is 0. The van der Waals surface area contributed by atoms with Gasteiger partial charge in [-0.2, -0.15) is 5.10 Å². The molecule has 1 aromatic rings. The second-order valence-electron chi connectivity index (χ2n) is 2.14. The SMILES string of the molecule is CO/C([O-])=C/c1cc(C)[nH]n1. The van der Waals surface area contributed by atoms with Crippen molar-refractivity contribution in [2.75, 3.05) is 7.11 Å². The largest absolute Gasteiger partial charge is 0.616 e. The lowest BCUT2D eigenvalue weighted by Gasteiger charge is -2.05. The van der Waals surface area contributed by atoms with E-state index in [9.17, 15) is 5.11 Å². The van der Waals surface area contributed by atoms with Gasteiger partial charge in [0.15, 0.2) is 0 Å². The van der Waals surface area contributed by atoms with Gasteiger partial charge in [-0.05, 0) is 26.2 Å². The smallest absolute Gasteiger partial charge is 0.0868 e. The Hall–Kier alpha value is -1.45. The van der Waals surface area contributed by atoms with E-state index in [4.69, 9.17) is 0 Å². The zero-order valence-electron chi connectivity index (χ0n) is 6.42. The predicted molar refractivity (Wildman–Crippen MR) is 38.3 cm³/mol. The highest BCUT2D eigenvalue weighted by Gasteiger charge is 1.91. The van der Waals surface area contributed by atoms with Crippen molar-refractivity contribution < 1.29 is 9.84 Å². The van der Waals surface area contributed by atoms with Crippen LogP contribution in [-0.4, -0.2) is 17.3 Å². The van der Waals surface area contributed by atoms with Gasteiger partial charge in [0, 0.05) is 5.69 Å². The van der Waals surface area contributed by atoms with Gasteiger partial charge >= 0.3 is 0 Å². The highest BCUT2D eigenvalue weighted by Crippen LogP contribution is 2.01. The van der Waals surface area contributed by atoms with E-state index in [1.807, 2.05) is 6.92 Å². The van der Waals surface area contributed by atoms with Crippen LogP contribution in [-0.2, 0) is 4.74 Å². The topological polar surface area (TPSA) is 61.0 Å². The van der Waals surface area contributed by atoms with Crippen molar-refractivity contribution in [2.45, 2.75) is 6.92 Å². The molecule has 0 fully saturated rings. The molecule has 1 rings (SSSR count). The summed E-state index contributed by atoms with van der Waals surface area (Å²) in [5.74, 6) is -0.392. The molecule has 0 spiro atoms. The van der Waals surface area contributed by atoms with Gasteiger partial charge in [0.2, 0.25) is 0 Å². The van der Waals surface area contributed by atoms with Gasteiger partial charge in [0.05, 0.1) is 11.6 Å². The maximum atomic E-state index is 10.7. The van der Waals surface area contributed by atoms with Crippen molar-refractivity contribution in [3.63, 3.8) is 0 Å². The van der Waals surface area contributed by atoms with Crippen LogP contribution in [0.4, 0.5) is 0 Å². The Bertz CT molecular complexity index is 265. The first-order chi connectivity index (χ1) is 5.22. The normalized spacial score (nSPS) is 11.6. The molecule has 0 aliphatic heterocycles. The summed E-state index contributed by atoms with van der Waals surface area (Å²) in [6.45, 7) is 1.86. The monoisotopic (exact) mass is 153 g/mol. The van der Waals surface area contributed by atoms with Crippen molar-refractivity contribution in [2.24, 2.45) is 0 Å². The highest BCUT2D eigenvalue weighted by atomic mass is 16.6. The lowest BCUT2D eigenvalue weighted by Crippen LogP contribution is -2.04. The third-order valence-electron chi connectivity index (χ3n) is 1.19. The minimum Gasteiger partial charge on any atom is -0.616 e. The van der Waals surface area contributed by atoms with Gasteiger partial charge in [-0.25, -0.2) is 0 Å². The molecular weight excluding hydrogens is 144 g/mol. The van der Waals surface area contributed by atoms with Crippen LogP contribution in [0.15, 0.2) is 12.0 Å². The number of methoxy groups -OCH3 is 1. The van der Waals surface area contributed by atoms with Crippen LogP contribution in [0.25, 0.3) is 6.08 Å². The molecule has 1 heterocycles. The highest BCUT2D eigenvalue weighted by molar-refractivity contribution is 5.44. The fraction of sp³-hybridized carbons (Fsp3) is 0.286. The third kappa shape index (κ3) is 2.00. The zero-order chi connectivity index (χ0) is 8.27. The number of aromatic nitrogens is 2. The molecule has 4 nitrogen and oxygen atoms in total. The van der Waals surface area contributed by atoms with Gasteiger partial charge in [0.1, 0.15) is 0 Å². The fourth-order valence-corrected chi connectivity index (χ4v) is 0.693. The van der Waals surface area contributed by atoms with Crippen LogP contribution in [0.5, 0.6) is 0 Å². The van der Waals surface area contributed by atoms with Crippen molar-refractivity contribution >= 4 is 6.08 Å². The van der Waals surface area contributed by atoms with Gasteiger partial charge < -0.3 is 9.84 Å². The number of nitrogens with zero attached hydrogens (tertiary/aromatic N) is 1. The number of H-pyrrole nitrogens is 1. The van der Waals surface area contributed by atoms with E-state index in [0.717, 1.165) is 5.69 Å². The minimum absolute atomic E-state index is 0.392. The molecule has 11 heavy (non-hydrogen) atoms. The minimum atomic E-state index is -0.392. The number of aryl methyl sites for hydroxylation is 1. The number of hydrogen-bond donors (Lipinski definition) is 1. The number of aromatic amines is 1. The van der Waals surface area contributed by atoms with Crippen molar-refractivity contribution in [1.82, 2.24) is 10.2 Å². The van der Waals surface area contributed by atoms with E-state index in [0.29, 0.717) is 5.69 Å². The molecule has 0 saturated carbocycles. The van der Waals surface area contributed by atoms with E-state index in [1.54, 1.807) is 6.07 Å². The Morgan fingerprint density at radius 3 is 3.00 bits per heavy atom. The summed E-state index contributed by atoms with van der Waals surface area (Å²) in [5, 5.41) is 17.2. The molecule has 0 unspecified atom stereocenters. The summed E-state index contributed by atoms with van der Waals surface area (Å²) in [6, 6.07) is 1.76. The van der Waals surface area contributed by atoms with Gasteiger partial charge in [0.25, 0.3) is 0 Å². The molecule has 0 aliphatic rings. The van der Waals surface area contributed by atoms with Gasteiger partial charge in [-0.1, -0.05) is 0 Å². The van der Waals surface area contributed by atoms with E-state index >= 15 is 0 Å². The molecule has 0 atom stereocenters. The Kier molecular flexibility index (Phi) is 2.15. The summed E-state index contributed by atoms with van der Waals surface area (Å²) < 4.78 is 4.42. The Labute approximate surface area is 64.5 Å².